The third kappa shape index (κ3) is 3.15. The van der Waals surface area contributed by atoms with Crippen molar-refractivity contribution >= 4 is 5.82 Å². The maximum Gasteiger partial charge on any atom is 0.130 e. The summed E-state index contributed by atoms with van der Waals surface area (Å²) >= 11 is 0. The molecule has 5 heteroatoms. The molecule has 114 valence electrons. The molecular formula is C15H28N4O. The summed E-state index contributed by atoms with van der Waals surface area (Å²) in [6.45, 7) is 10.3. The first-order chi connectivity index (χ1) is 9.42. The minimum Gasteiger partial charge on any atom is -0.372 e. The van der Waals surface area contributed by atoms with Crippen LogP contribution in [0.15, 0.2) is 0 Å². The highest BCUT2D eigenvalue weighted by molar-refractivity contribution is 5.51. The standard InChI is InChI=1S/C15H28N4O/c1-6-13(16)7-14-12(4)17-18(5)15(14)19-8-10(2)20-11(3)9-19/h10-11,13H,6-9,16H2,1-5H3. The van der Waals surface area contributed by atoms with Gasteiger partial charge in [0, 0.05) is 31.7 Å². The van der Waals surface area contributed by atoms with Gasteiger partial charge in [0.05, 0.1) is 17.9 Å². The van der Waals surface area contributed by atoms with Gasteiger partial charge in [0.1, 0.15) is 5.82 Å². The van der Waals surface area contributed by atoms with E-state index in [1.54, 1.807) is 0 Å². The molecule has 1 fully saturated rings. The Morgan fingerprint density at radius 2 is 1.95 bits per heavy atom. The highest BCUT2D eigenvalue weighted by Crippen LogP contribution is 2.27. The molecule has 20 heavy (non-hydrogen) atoms. The van der Waals surface area contributed by atoms with Crippen LogP contribution in [-0.2, 0) is 18.2 Å². The fourth-order valence-electron chi connectivity index (χ4n) is 3.08. The molecule has 0 bridgehead atoms. The number of nitrogens with zero attached hydrogens (tertiary/aromatic N) is 3. The van der Waals surface area contributed by atoms with Crippen molar-refractivity contribution in [1.82, 2.24) is 9.78 Å². The van der Waals surface area contributed by atoms with Crippen molar-refractivity contribution in [3.8, 4) is 0 Å². The average molecular weight is 280 g/mol. The summed E-state index contributed by atoms with van der Waals surface area (Å²) in [7, 11) is 2.02. The van der Waals surface area contributed by atoms with Gasteiger partial charge >= 0.3 is 0 Å². The van der Waals surface area contributed by atoms with E-state index < -0.39 is 0 Å². The summed E-state index contributed by atoms with van der Waals surface area (Å²) in [5, 5.41) is 4.60. The van der Waals surface area contributed by atoms with E-state index in [0.717, 1.165) is 31.6 Å². The number of rotatable bonds is 4. The number of anilines is 1. The normalized spacial score (nSPS) is 25.0. The van der Waals surface area contributed by atoms with E-state index in [2.05, 4.69) is 37.7 Å². The Kier molecular flexibility index (Phi) is 4.70. The number of morpholine rings is 1. The molecule has 0 radical (unpaired) electrons. The largest absolute Gasteiger partial charge is 0.372 e. The first kappa shape index (κ1) is 15.3. The van der Waals surface area contributed by atoms with Gasteiger partial charge in [0.2, 0.25) is 0 Å². The lowest BCUT2D eigenvalue weighted by Gasteiger charge is -2.37. The molecule has 2 heterocycles. The van der Waals surface area contributed by atoms with Crippen molar-refractivity contribution in [3.63, 3.8) is 0 Å². The van der Waals surface area contributed by atoms with Crippen LogP contribution in [0.4, 0.5) is 5.82 Å². The molecule has 0 saturated carbocycles. The number of aromatic nitrogens is 2. The predicted molar refractivity (Wildman–Crippen MR) is 82.1 cm³/mol. The van der Waals surface area contributed by atoms with Gasteiger partial charge in [-0.15, -0.1) is 0 Å². The number of hydrogen-bond donors (Lipinski definition) is 1. The van der Waals surface area contributed by atoms with Gasteiger partial charge in [0.15, 0.2) is 0 Å². The van der Waals surface area contributed by atoms with Crippen molar-refractivity contribution in [1.29, 1.82) is 0 Å². The van der Waals surface area contributed by atoms with E-state index >= 15 is 0 Å². The second kappa shape index (κ2) is 6.14. The summed E-state index contributed by atoms with van der Waals surface area (Å²) in [4.78, 5) is 2.40. The zero-order chi connectivity index (χ0) is 14.9. The Hall–Kier alpha value is -1.07. The lowest BCUT2D eigenvalue weighted by atomic mass is 10.0. The SMILES string of the molecule is CCC(N)Cc1c(C)nn(C)c1N1CC(C)OC(C)C1. The Morgan fingerprint density at radius 3 is 2.50 bits per heavy atom. The molecule has 0 aromatic carbocycles. The molecule has 2 rings (SSSR count). The molecule has 3 atom stereocenters. The van der Waals surface area contributed by atoms with Gasteiger partial charge in [-0.2, -0.15) is 5.10 Å². The second-order valence-electron chi connectivity index (χ2n) is 6.05. The molecule has 1 saturated heterocycles. The Labute approximate surface area is 122 Å². The van der Waals surface area contributed by atoms with E-state index in [-0.39, 0.29) is 18.2 Å². The van der Waals surface area contributed by atoms with E-state index in [4.69, 9.17) is 10.5 Å². The van der Waals surface area contributed by atoms with Crippen LogP contribution in [0.5, 0.6) is 0 Å². The van der Waals surface area contributed by atoms with Gasteiger partial charge in [-0.1, -0.05) is 6.92 Å². The highest BCUT2D eigenvalue weighted by atomic mass is 16.5. The summed E-state index contributed by atoms with van der Waals surface area (Å²) in [5.74, 6) is 1.22. The zero-order valence-corrected chi connectivity index (χ0v) is 13.4. The Morgan fingerprint density at radius 1 is 1.35 bits per heavy atom. The fourth-order valence-corrected chi connectivity index (χ4v) is 3.08. The van der Waals surface area contributed by atoms with Crippen molar-refractivity contribution in [2.75, 3.05) is 18.0 Å². The van der Waals surface area contributed by atoms with Crippen LogP contribution in [-0.4, -0.2) is 41.1 Å². The molecule has 1 aromatic rings. The smallest absolute Gasteiger partial charge is 0.130 e. The molecule has 0 aliphatic carbocycles. The van der Waals surface area contributed by atoms with Crippen LogP contribution in [0.25, 0.3) is 0 Å². The molecule has 0 spiro atoms. The van der Waals surface area contributed by atoms with Crippen molar-refractivity contribution in [2.45, 2.75) is 58.8 Å². The van der Waals surface area contributed by atoms with Crippen LogP contribution in [0, 0.1) is 6.92 Å². The minimum absolute atomic E-state index is 0.201. The molecule has 1 aliphatic rings. The van der Waals surface area contributed by atoms with E-state index in [0.29, 0.717) is 0 Å². The molecule has 3 unspecified atom stereocenters. The number of hydrogen-bond acceptors (Lipinski definition) is 4. The van der Waals surface area contributed by atoms with Crippen molar-refractivity contribution < 1.29 is 4.74 Å². The average Bonchev–Trinajstić information content (AvgIpc) is 2.62. The molecule has 1 aliphatic heterocycles. The van der Waals surface area contributed by atoms with Crippen LogP contribution in [0.2, 0.25) is 0 Å². The second-order valence-corrected chi connectivity index (χ2v) is 6.05. The maximum atomic E-state index is 6.16. The van der Waals surface area contributed by atoms with E-state index in [9.17, 15) is 0 Å². The van der Waals surface area contributed by atoms with Crippen molar-refractivity contribution in [3.05, 3.63) is 11.3 Å². The van der Waals surface area contributed by atoms with Crippen LogP contribution in [0.1, 0.15) is 38.4 Å². The first-order valence-corrected chi connectivity index (χ1v) is 7.60. The first-order valence-electron chi connectivity index (χ1n) is 7.60. The zero-order valence-electron chi connectivity index (χ0n) is 13.4. The number of nitrogens with two attached hydrogens (primary N) is 1. The van der Waals surface area contributed by atoms with E-state index in [1.807, 2.05) is 11.7 Å². The van der Waals surface area contributed by atoms with Crippen LogP contribution >= 0.6 is 0 Å². The van der Waals surface area contributed by atoms with Gasteiger partial charge in [-0.3, -0.25) is 4.68 Å². The monoisotopic (exact) mass is 280 g/mol. The molecule has 1 aromatic heterocycles. The molecule has 0 amide bonds. The fraction of sp³-hybridized carbons (Fsp3) is 0.800. The molecule has 2 N–H and O–H groups in total. The van der Waals surface area contributed by atoms with Gasteiger partial charge < -0.3 is 15.4 Å². The predicted octanol–water partition coefficient (Wildman–Crippen LogP) is 1.62. The molecular weight excluding hydrogens is 252 g/mol. The summed E-state index contributed by atoms with van der Waals surface area (Å²) in [6, 6.07) is 0.201. The van der Waals surface area contributed by atoms with Crippen LogP contribution < -0.4 is 10.6 Å². The minimum atomic E-state index is 0.201. The summed E-state index contributed by atoms with van der Waals surface area (Å²) in [6.07, 6.45) is 2.39. The lowest BCUT2D eigenvalue weighted by Crippen LogP contribution is -2.46. The van der Waals surface area contributed by atoms with Gasteiger partial charge in [-0.25, -0.2) is 0 Å². The Bertz CT molecular complexity index is 447. The number of ether oxygens (including phenoxy) is 1. The lowest BCUT2D eigenvalue weighted by molar-refractivity contribution is -0.00569. The molecule has 5 nitrogen and oxygen atoms in total. The van der Waals surface area contributed by atoms with Gasteiger partial charge in [0.25, 0.3) is 0 Å². The van der Waals surface area contributed by atoms with Gasteiger partial charge in [-0.05, 0) is 33.6 Å². The van der Waals surface area contributed by atoms with Crippen molar-refractivity contribution in [2.24, 2.45) is 12.8 Å². The van der Waals surface area contributed by atoms with Crippen LogP contribution in [0.3, 0.4) is 0 Å². The Balaban J connectivity index is 2.30. The summed E-state index contributed by atoms with van der Waals surface area (Å²) < 4.78 is 7.83. The van der Waals surface area contributed by atoms with E-state index in [1.165, 1.54) is 11.4 Å². The third-order valence-electron chi connectivity index (χ3n) is 4.02. The maximum absolute atomic E-state index is 6.16. The topological polar surface area (TPSA) is 56.3 Å². The third-order valence-corrected chi connectivity index (χ3v) is 4.02. The highest BCUT2D eigenvalue weighted by Gasteiger charge is 2.27. The quantitative estimate of drug-likeness (QED) is 0.910. The number of aryl methyl sites for hydroxylation is 2. The summed E-state index contributed by atoms with van der Waals surface area (Å²) in [5.41, 5.74) is 8.55.